The van der Waals surface area contributed by atoms with Gasteiger partial charge in [-0.2, -0.15) is 0 Å². The van der Waals surface area contributed by atoms with Gasteiger partial charge in [-0.3, -0.25) is 0 Å². The monoisotopic (exact) mass is 287 g/mol. The van der Waals surface area contributed by atoms with Gasteiger partial charge in [-0.05, 0) is 31.6 Å². The first-order valence-electron chi connectivity index (χ1n) is 6.88. The van der Waals surface area contributed by atoms with Crippen molar-refractivity contribution in [2.24, 2.45) is 0 Å². The number of halogens is 1. The molecule has 0 atom stereocenters. The Morgan fingerprint density at radius 3 is 1.89 bits per heavy atom. The van der Waals surface area contributed by atoms with Crippen LogP contribution in [0.5, 0.6) is 11.5 Å². The Morgan fingerprint density at radius 1 is 0.895 bits per heavy atom. The third-order valence-electron chi connectivity index (χ3n) is 2.87. The van der Waals surface area contributed by atoms with Crippen LogP contribution in [-0.4, -0.2) is 37.7 Å². The number of likely N-dealkylation sites (N-methyl/N-ethyl adjacent to an activating group) is 1. The Balaban J connectivity index is 0.00000324. The van der Waals surface area contributed by atoms with E-state index >= 15 is 0 Å². The summed E-state index contributed by atoms with van der Waals surface area (Å²) in [7, 11) is 0. The maximum Gasteiger partial charge on any atom is 0.161 e. The normalized spacial score (nSPS) is 10.1. The van der Waals surface area contributed by atoms with Gasteiger partial charge in [0.2, 0.25) is 0 Å². The van der Waals surface area contributed by atoms with Gasteiger partial charge in [0, 0.05) is 6.54 Å². The molecule has 0 saturated carbocycles. The van der Waals surface area contributed by atoms with E-state index in [-0.39, 0.29) is 12.4 Å². The number of hydrogen-bond acceptors (Lipinski definition) is 3. The van der Waals surface area contributed by atoms with Crippen LogP contribution in [0.4, 0.5) is 0 Å². The lowest BCUT2D eigenvalue weighted by atomic mass is 10.3. The third kappa shape index (κ3) is 6.69. The summed E-state index contributed by atoms with van der Waals surface area (Å²) in [6, 6.07) is 7.88. The molecule has 0 bridgehead atoms. The molecule has 19 heavy (non-hydrogen) atoms. The number of benzene rings is 1. The molecule has 0 unspecified atom stereocenters. The molecular formula is C15H26ClNO2. The summed E-state index contributed by atoms with van der Waals surface area (Å²) in [6.45, 7) is 11.0. The first-order chi connectivity index (χ1) is 8.81. The van der Waals surface area contributed by atoms with Crippen molar-refractivity contribution >= 4 is 12.4 Å². The molecule has 0 heterocycles. The Labute approximate surface area is 123 Å². The Morgan fingerprint density at radius 2 is 1.42 bits per heavy atom. The summed E-state index contributed by atoms with van der Waals surface area (Å²) in [5.41, 5.74) is 0. The number of nitrogens with zero attached hydrogens (tertiary/aromatic N) is 1. The summed E-state index contributed by atoms with van der Waals surface area (Å²) in [5, 5.41) is 0. The third-order valence-corrected chi connectivity index (χ3v) is 2.87. The van der Waals surface area contributed by atoms with Crippen molar-refractivity contribution < 1.29 is 9.47 Å². The molecule has 0 N–H and O–H groups in total. The minimum atomic E-state index is 0. The summed E-state index contributed by atoms with van der Waals surface area (Å²) >= 11 is 0. The zero-order chi connectivity index (χ0) is 13.2. The van der Waals surface area contributed by atoms with Gasteiger partial charge in [-0.25, -0.2) is 0 Å². The number of rotatable bonds is 9. The van der Waals surface area contributed by atoms with Crippen molar-refractivity contribution in [3.63, 3.8) is 0 Å². The van der Waals surface area contributed by atoms with E-state index < -0.39 is 0 Å². The van der Waals surface area contributed by atoms with Crippen LogP contribution in [0, 0.1) is 0 Å². The van der Waals surface area contributed by atoms with Gasteiger partial charge in [0.25, 0.3) is 0 Å². The predicted octanol–water partition coefficient (Wildman–Crippen LogP) is 3.62. The maximum absolute atomic E-state index is 5.80. The fraction of sp³-hybridized carbons (Fsp3) is 0.600. The zero-order valence-corrected chi connectivity index (χ0v) is 13.0. The van der Waals surface area contributed by atoms with Gasteiger partial charge < -0.3 is 14.4 Å². The van der Waals surface area contributed by atoms with Crippen LogP contribution in [-0.2, 0) is 0 Å². The fourth-order valence-electron chi connectivity index (χ4n) is 1.73. The van der Waals surface area contributed by atoms with Crippen LogP contribution >= 0.6 is 12.4 Å². The average Bonchev–Trinajstić information content (AvgIpc) is 2.42. The van der Waals surface area contributed by atoms with Crippen LogP contribution in [0.15, 0.2) is 24.3 Å². The minimum Gasteiger partial charge on any atom is -0.490 e. The molecule has 0 amide bonds. The van der Waals surface area contributed by atoms with Crippen molar-refractivity contribution in [2.45, 2.75) is 27.2 Å². The molecule has 0 spiro atoms. The highest BCUT2D eigenvalue weighted by Gasteiger charge is 2.04. The van der Waals surface area contributed by atoms with E-state index in [1.165, 1.54) is 0 Å². The quantitative estimate of drug-likeness (QED) is 0.692. The van der Waals surface area contributed by atoms with Gasteiger partial charge >= 0.3 is 0 Å². The lowest BCUT2D eigenvalue weighted by Crippen LogP contribution is -2.27. The second kappa shape index (κ2) is 10.9. The zero-order valence-electron chi connectivity index (χ0n) is 12.2. The van der Waals surface area contributed by atoms with Crippen LogP contribution in [0.1, 0.15) is 27.2 Å². The van der Waals surface area contributed by atoms with E-state index in [2.05, 4.69) is 25.7 Å². The lowest BCUT2D eigenvalue weighted by molar-refractivity contribution is 0.212. The van der Waals surface area contributed by atoms with Crippen molar-refractivity contribution in [1.82, 2.24) is 4.90 Å². The summed E-state index contributed by atoms with van der Waals surface area (Å²) in [4.78, 5) is 2.34. The SMILES string of the molecule is CCCOc1ccccc1OCCN(CC)CC.Cl. The maximum atomic E-state index is 5.80. The molecule has 0 aliphatic carbocycles. The molecule has 0 aromatic heterocycles. The van der Waals surface area contributed by atoms with Gasteiger partial charge in [0.05, 0.1) is 6.61 Å². The summed E-state index contributed by atoms with van der Waals surface area (Å²) in [6.07, 6.45) is 1.01. The van der Waals surface area contributed by atoms with Crippen LogP contribution in [0.2, 0.25) is 0 Å². The molecule has 0 aliphatic heterocycles. The molecule has 1 aromatic rings. The molecule has 4 heteroatoms. The van der Waals surface area contributed by atoms with Gasteiger partial charge in [-0.1, -0.05) is 32.9 Å². The summed E-state index contributed by atoms with van der Waals surface area (Å²) in [5.74, 6) is 1.69. The lowest BCUT2D eigenvalue weighted by Gasteiger charge is -2.18. The number of para-hydroxylation sites is 2. The van der Waals surface area contributed by atoms with Crippen LogP contribution in [0.25, 0.3) is 0 Å². The number of ether oxygens (including phenoxy) is 2. The average molecular weight is 288 g/mol. The molecule has 0 saturated heterocycles. The van der Waals surface area contributed by atoms with Gasteiger partial charge in [-0.15, -0.1) is 12.4 Å². The molecule has 0 aliphatic rings. The fourth-order valence-corrected chi connectivity index (χ4v) is 1.73. The minimum absolute atomic E-state index is 0. The van der Waals surface area contributed by atoms with Crippen LogP contribution < -0.4 is 9.47 Å². The molecule has 0 radical (unpaired) electrons. The smallest absolute Gasteiger partial charge is 0.161 e. The van der Waals surface area contributed by atoms with Gasteiger partial charge in [0.1, 0.15) is 6.61 Å². The Kier molecular flexibility index (Phi) is 10.4. The topological polar surface area (TPSA) is 21.7 Å². The van der Waals surface area contributed by atoms with Crippen molar-refractivity contribution in [1.29, 1.82) is 0 Å². The first-order valence-corrected chi connectivity index (χ1v) is 6.88. The Bertz CT molecular complexity index is 330. The molecular weight excluding hydrogens is 262 g/mol. The molecule has 1 rings (SSSR count). The largest absolute Gasteiger partial charge is 0.490 e. The first kappa shape index (κ1) is 18.1. The van der Waals surface area contributed by atoms with E-state index in [1.807, 2.05) is 24.3 Å². The molecule has 1 aromatic carbocycles. The van der Waals surface area contributed by atoms with Crippen LogP contribution in [0.3, 0.4) is 0 Å². The molecule has 3 nitrogen and oxygen atoms in total. The van der Waals surface area contributed by atoms with E-state index in [4.69, 9.17) is 9.47 Å². The standard InChI is InChI=1S/C15H25NO2.ClH/c1-4-12-17-14-9-7-8-10-15(14)18-13-11-16(5-2)6-3;/h7-10H,4-6,11-13H2,1-3H3;1H. The summed E-state index contributed by atoms with van der Waals surface area (Å²) < 4.78 is 11.5. The molecule has 110 valence electrons. The van der Waals surface area contributed by atoms with Crippen molar-refractivity contribution in [2.75, 3.05) is 32.8 Å². The highest BCUT2D eigenvalue weighted by atomic mass is 35.5. The van der Waals surface area contributed by atoms with E-state index in [0.717, 1.165) is 44.2 Å². The highest BCUT2D eigenvalue weighted by molar-refractivity contribution is 5.85. The van der Waals surface area contributed by atoms with E-state index in [1.54, 1.807) is 0 Å². The highest BCUT2D eigenvalue weighted by Crippen LogP contribution is 2.26. The van der Waals surface area contributed by atoms with Crippen molar-refractivity contribution in [3.8, 4) is 11.5 Å². The van der Waals surface area contributed by atoms with E-state index in [0.29, 0.717) is 6.61 Å². The molecule has 0 fully saturated rings. The predicted molar refractivity (Wildman–Crippen MR) is 82.8 cm³/mol. The Hall–Kier alpha value is -0.930. The second-order valence-electron chi connectivity index (χ2n) is 4.17. The van der Waals surface area contributed by atoms with E-state index in [9.17, 15) is 0 Å². The van der Waals surface area contributed by atoms with Crippen molar-refractivity contribution in [3.05, 3.63) is 24.3 Å². The van der Waals surface area contributed by atoms with Gasteiger partial charge in [0.15, 0.2) is 11.5 Å². The second-order valence-corrected chi connectivity index (χ2v) is 4.17. The number of hydrogen-bond donors (Lipinski definition) is 0.